The van der Waals surface area contributed by atoms with Crippen LogP contribution in [0, 0.1) is 12.8 Å². The van der Waals surface area contributed by atoms with E-state index in [1.54, 1.807) is 0 Å². The predicted molar refractivity (Wildman–Crippen MR) is 104 cm³/mol. The van der Waals surface area contributed by atoms with Gasteiger partial charge in [-0.15, -0.1) is 0 Å². The Bertz CT molecular complexity index is 778. The fourth-order valence-corrected chi connectivity index (χ4v) is 3.67. The van der Waals surface area contributed by atoms with Gasteiger partial charge in [0.15, 0.2) is 0 Å². The highest BCUT2D eigenvalue weighted by atomic mass is 19.3. The molecule has 0 aliphatic carbocycles. The number of likely N-dealkylation sites (tertiary alicyclic amines) is 1. The Kier molecular flexibility index (Phi) is 6.56. The minimum Gasteiger partial charge on any atom is -0.350 e. The fraction of sp³-hybridized carbons (Fsp3) is 0.409. The largest absolute Gasteiger partial charge is 0.350 e. The van der Waals surface area contributed by atoms with Crippen LogP contribution in [0.4, 0.5) is 8.78 Å². The molecular formula is C22H26F2N2O. The average molecular weight is 372 g/mol. The van der Waals surface area contributed by atoms with Crippen LogP contribution in [0.3, 0.4) is 0 Å². The normalized spacial score (nSPS) is 17.9. The van der Waals surface area contributed by atoms with Gasteiger partial charge in [-0.2, -0.15) is 0 Å². The van der Waals surface area contributed by atoms with Crippen LogP contribution in [0.2, 0.25) is 0 Å². The summed E-state index contributed by atoms with van der Waals surface area (Å²) in [7, 11) is 0. The second-order valence-corrected chi connectivity index (χ2v) is 7.28. The summed E-state index contributed by atoms with van der Waals surface area (Å²) in [6.45, 7) is 3.82. The molecule has 1 amide bonds. The zero-order chi connectivity index (χ0) is 19.2. The van der Waals surface area contributed by atoms with Gasteiger partial charge in [0.1, 0.15) is 0 Å². The molecule has 1 fully saturated rings. The Morgan fingerprint density at radius 2 is 1.93 bits per heavy atom. The van der Waals surface area contributed by atoms with E-state index in [2.05, 4.69) is 65.7 Å². The summed E-state index contributed by atoms with van der Waals surface area (Å²) in [5.41, 5.74) is 4.80. The quantitative estimate of drug-likeness (QED) is 0.822. The Hall–Kier alpha value is -2.27. The van der Waals surface area contributed by atoms with Crippen molar-refractivity contribution in [2.24, 2.45) is 5.92 Å². The number of halogens is 2. The van der Waals surface area contributed by atoms with Crippen LogP contribution in [0.1, 0.15) is 24.0 Å². The lowest BCUT2D eigenvalue weighted by Gasteiger charge is -2.32. The zero-order valence-corrected chi connectivity index (χ0v) is 15.6. The van der Waals surface area contributed by atoms with Crippen molar-refractivity contribution in [2.75, 3.05) is 19.6 Å². The lowest BCUT2D eigenvalue weighted by atomic mass is 9.96. The van der Waals surface area contributed by atoms with Gasteiger partial charge in [0, 0.05) is 13.1 Å². The smallest absolute Gasteiger partial charge is 0.255 e. The lowest BCUT2D eigenvalue weighted by molar-refractivity contribution is -0.127. The second-order valence-electron chi connectivity index (χ2n) is 7.28. The molecule has 2 aromatic carbocycles. The topological polar surface area (TPSA) is 32.3 Å². The monoisotopic (exact) mass is 372 g/mol. The van der Waals surface area contributed by atoms with E-state index in [4.69, 9.17) is 0 Å². The number of amides is 1. The molecule has 1 unspecified atom stereocenters. The van der Waals surface area contributed by atoms with Gasteiger partial charge in [0.2, 0.25) is 5.91 Å². The molecule has 0 saturated carbocycles. The molecule has 0 aromatic heterocycles. The second kappa shape index (κ2) is 9.09. The highest BCUT2D eigenvalue weighted by molar-refractivity contribution is 5.79. The maximum atomic E-state index is 12.3. The standard InChI is InChI=1S/C22H26F2N2O/c1-16-5-2-7-18(11-16)19-8-3-6-17(12-19)14-26-10-4-9-20(15-26)22(27)25-13-21(23)24/h2-3,5-8,11-12,20-21H,4,9-10,13-15H2,1H3,(H,25,27). The summed E-state index contributed by atoms with van der Waals surface area (Å²) >= 11 is 0. The van der Waals surface area contributed by atoms with E-state index in [9.17, 15) is 13.6 Å². The predicted octanol–water partition coefficient (Wildman–Crippen LogP) is 4.26. The van der Waals surface area contributed by atoms with Gasteiger partial charge < -0.3 is 5.32 Å². The molecule has 3 rings (SSSR count). The van der Waals surface area contributed by atoms with Crippen molar-refractivity contribution in [2.45, 2.75) is 32.7 Å². The van der Waals surface area contributed by atoms with Crippen LogP contribution < -0.4 is 5.32 Å². The van der Waals surface area contributed by atoms with E-state index in [1.807, 2.05) is 0 Å². The SMILES string of the molecule is Cc1cccc(-c2cccc(CN3CCCC(C(=O)NCC(F)F)C3)c2)c1. The number of carbonyl (C=O) groups excluding carboxylic acids is 1. The van der Waals surface area contributed by atoms with Crippen molar-refractivity contribution in [3.05, 3.63) is 59.7 Å². The minimum atomic E-state index is -2.50. The molecule has 27 heavy (non-hydrogen) atoms. The Balaban J connectivity index is 1.63. The lowest BCUT2D eigenvalue weighted by Crippen LogP contribution is -2.43. The Labute approximate surface area is 159 Å². The molecule has 0 spiro atoms. The fourth-order valence-electron chi connectivity index (χ4n) is 3.67. The van der Waals surface area contributed by atoms with E-state index in [-0.39, 0.29) is 11.8 Å². The zero-order valence-electron chi connectivity index (χ0n) is 15.6. The van der Waals surface area contributed by atoms with E-state index >= 15 is 0 Å². The van der Waals surface area contributed by atoms with E-state index < -0.39 is 13.0 Å². The molecule has 1 atom stereocenters. The maximum absolute atomic E-state index is 12.3. The van der Waals surface area contributed by atoms with Crippen molar-refractivity contribution in [3.8, 4) is 11.1 Å². The number of hydrogen-bond acceptors (Lipinski definition) is 2. The Morgan fingerprint density at radius 1 is 1.19 bits per heavy atom. The number of nitrogens with one attached hydrogen (secondary N) is 1. The van der Waals surface area contributed by atoms with Crippen molar-refractivity contribution < 1.29 is 13.6 Å². The molecule has 5 heteroatoms. The van der Waals surface area contributed by atoms with Crippen molar-refractivity contribution >= 4 is 5.91 Å². The number of rotatable bonds is 6. The van der Waals surface area contributed by atoms with Crippen LogP contribution in [-0.4, -0.2) is 36.9 Å². The summed E-state index contributed by atoms with van der Waals surface area (Å²) in [4.78, 5) is 14.3. The van der Waals surface area contributed by atoms with Gasteiger partial charge in [-0.05, 0) is 49.1 Å². The maximum Gasteiger partial charge on any atom is 0.255 e. The number of benzene rings is 2. The number of alkyl halides is 2. The first-order valence-corrected chi connectivity index (χ1v) is 9.45. The molecule has 0 bridgehead atoms. The molecule has 144 valence electrons. The molecule has 2 aromatic rings. The van der Waals surface area contributed by atoms with E-state index in [1.165, 1.54) is 22.3 Å². The third-order valence-electron chi connectivity index (χ3n) is 4.99. The van der Waals surface area contributed by atoms with Crippen molar-refractivity contribution in [3.63, 3.8) is 0 Å². The Morgan fingerprint density at radius 3 is 2.67 bits per heavy atom. The van der Waals surface area contributed by atoms with Crippen molar-refractivity contribution in [1.29, 1.82) is 0 Å². The summed E-state index contributed by atoms with van der Waals surface area (Å²) in [5, 5.41) is 2.36. The summed E-state index contributed by atoms with van der Waals surface area (Å²) in [6, 6.07) is 16.9. The number of nitrogens with zero attached hydrogens (tertiary/aromatic N) is 1. The third-order valence-corrected chi connectivity index (χ3v) is 4.99. The average Bonchev–Trinajstić information content (AvgIpc) is 2.66. The molecule has 3 nitrogen and oxygen atoms in total. The molecule has 1 saturated heterocycles. The molecule has 0 radical (unpaired) electrons. The van der Waals surface area contributed by atoms with Gasteiger partial charge in [-0.25, -0.2) is 8.78 Å². The molecule has 1 heterocycles. The third kappa shape index (κ3) is 5.60. The van der Waals surface area contributed by atoms with Crippen LogP contribution >= 0.6 is 0 Å². The molecular weight excluding hydrogens is 346 g/mol. The first kappa shape index (κ1) is 19.5. The first-order chi connectivity index (χ1) is 13.0. The van der Waals surface area contributed by atoms with Crippen LogP contribution in [0.5, 0.6) is 0 Å². The number of hydrogen-bond donors (Lipinski definition) is 1. The van der Waals surface area contributed by atoms with Crippen LogP contribution in [0.25, 0.3) is 11.1 Å². The van der Waals surface area contributed by atoms with Gasteiger partial charge in [0.25, 0.3) is 6.43 Å². The summed E-state index contributed by atoms with van der Waals surface area (Å²) in [5.74, 6) is -0.467. The molecule has 1 aliphatic heterocycles. The number of aryl methyl sites for hydroxylation is 1. The number of piperidine rings is 1. The van der Waals surface area contributed by atoms with Crippen LogP contribution in [0.15, 0.2) is 48.5 Å². The molecule has 1 N–H and O–H groups in total. The highest BCUT2D eigenvalue weighted by Gasteiger charge is 2.26. The summed E-state index contributed by atoms with van der Waals surface area (Å²) < 4.78 is 24.6. The molecule has 1 aliphatic rings. The van der Waals surface area contributed by atoms with Gasteiger partial charge in [-0.1, -0.05) is 48.0 Å². The van der Waals surface area contributed by atoms with E-state index in [0.29, 0.717) is 6.54 Å². The van der Waals surface area contributed by atoms with Crippen molar-refractivity contribution in [1.82, 2.24) is 10.2 Å². The highest BCUT2D eigenvalue weighted by Crippen LogP contribution is 2.24. The van der Waals surface area contributed by atoms with E-state index in [0.717, 1.165) is 25.9 Å². The minimum absolute atomic E-state index is 0.211. The summed E-state index contributed by atoms with van der Waals surface area (Å²) in [6.07, 6.45) is -0.836. The van der Waals surface area contributed by atoms with Gasteiger partial charge in [0.05, 0.1) is 12.5 Å². The first-order valence-electron chi connectivity index (χ1n) is 9.45. The van der Waals surface area contributed by atoms with Gasteiger partial charge in [-0.3, -0.25) is 9.69 Å². The number of carbonyl (C=O) groups is 1. The van der Waals surface area contributed by atoms with Gasteiger partial charge >= 0.3 is 0 Å². The van der Waals surface area contributed by atoms with Crippen LogP contribution in [-0.2, 0) is 11.3 Å².